The Kier molecular flexibility index (Phi) is 4.92. The maximum Gasteiger partial charge on any atom is 0.168 e. The Hall–Kier alpha value is -0.390. The molecule has 2 rings (SSSR count). The van der Waals surface area contributed by atoms with Gasteiger partial charge in [-0.05, 0) is 31.1 Å². The van der Waals surface area contributed by atoms with Crippen molar-refractivity contribution < 1.29 is 26.7 Å². The Morgan fingerprint density at radius 2 is 1.25 bits per heavy atom. The first kappa shape index (κ1) is 16.0. The van der Waals surface area contributed by atoms with E-state index >= 15 is 0 Å². The third kappa shape index (κ3) is 2.95. The Morgan fingerprint density at radius 3 is 1.75 bits per heavy atom. The van der Waals surface area contributed by atoms with Crippen LogP contribution in [0.25, 0.3) is 0 Å². The molecular formula is C14H21F5O. The minimum atomic E-state index is -2.76. The number of alkyl halides is 5. The maximum absolute atomic E-state index is 13.7. The standard InChI is InChI=1S/C14H21F5O/c1-6-3-4-8(7(2)5-6)20-14-12(18)10(16)9(15)11(17)13(14)19/h6-14H,3-5H2,1-2H3. The summed E-state index contributed by atoms with van der Waals surface area (Å²) in [5.41, 5.74) is 0. The molecule has 0 radical (unpaired) electrons. The van der Waals surface area contributed by atoms with Crippen LogP contribution in [0.5, 0.6) is 0 Å². The van der Waals surface area contributed by atoms with Gasteiger partial charge in [-0.3, -0.25) is 0 Å². The van der Waals surface area contributed by atoms with E-state index in [1.807, 2.05) is 6.92 Å². The van der Waals surface area contributed by atoms with Gasteiger partial charge in [0, 0.05) is 0 Å². The summed E-state index contributed by atoms with van der Waals surface area (Å²) in [6, 6.07) is 0. The first-order valence-electron chi connectivity index (χ1n) is 7.18. The highest BCUT2D eigenvalue weighted by atomic mass is 19.2. The SMILES string of the molecule is CC1CCC(OC2C(F)C(F)C(F)C(F)C2F)C(C)C1. The second-order valence-electron chi connectivity index (χ2n) is 6.26. The van der Waals surface area contributed by atoms with E-state index < -0.39 is 43.1 Å². The summed E-state index contributed by atoms with van der Waals surface area (Å²) in [5.74, 6) is 0.564. The molecule has 0 aliphatic heterocycles. The van der Waals surface area contributed by atoms with E-state index in [0.29, 0.717) is 12.3 Å². The van der Waals surface area contributed by atoms with E-state index in [1.54, 1.807) is 0 Å². The van der Waals surface area contributed by atoms with Crippen molar-refractivity contribution in [2.45, 2.75) is 76.2 Å². The zero-order valence-electron chi connectivity index (χ0n) is 11.6. The number of rotatable bonds is 2. The van der Waals surface area contributed by atoms with Crippen LogP contribution < -0.4 is 0 Å². The zero-order chi connectivity index (χ0) is 15.0. The number of halogens is 5. The fourth-order valence-corrected chi connectivity index (χ4v) is 3.26. The molecule has 0 amide bonds. The maximum atomic E-state index is 13.7. The van der Waals surface area contributed by atoms with Gasteiger partial charge in [-0.2, -0.15) is 0 Å². The van der Waals surface area contributed by atoms with E-state index in [0.717, 1.165) is 12.8 Å². The van der Waals surface area contributed by atoms with Crippen molar-refractivity contribution in [2.24, 2.45) is 11.8 Å². The van der Waals surface area contributed by atoms with Crippen LogP contribution >= 0.6 is 0 Å². The summed E-state index contributed by atoms with van der Waals surface area (Å²) in [5, 5.41) is 0. The molecule has 0 N–H and O–H groups in total. The smallest absolute Gasteiger partial charge is 0.168 e. The number of hydrogen-bond donors (Lipinski definition) is 0. The average Bonchev–Trinajstić information content (AvgIpc) is 2.41. The highest BCUT2D eigenvalue weighted by Gasteiger charge is 2.55. The Balaban J connectivity index is 2.03. The van der Waals surface area contributed by atoms with Gasteiger partial charge in [0.2, 0.25) is 0 Å². The third-order valence-electron chi connectivity index (χ3n) is 4.53. The topological polar surface area (TPSA) is 9.23 Å². The van der Waals surface area contributed by atoms with Crippen molar-refractivity contribution in [3.05, 3.63) is 0 Å². The summed E-state index contributed by atoms with van der Waals surface area (Å²) in [6.45, 7) is 3.97. The molecule has 2 saturated carbocycles. The first-order chi connectivity index (χ1) is 9.32. The van der Waals surface area contributed by atoms with Crippen molar-refractivity contribution in [1.29, 1.82) is 0 Å². The van der Waals surface area contributed by atoms with Crippen LogP contribution in [0, 0.1) is 11.8 Å². The summed E-state index contributed by atoms with van der Waals surface area (Å²) >= 11 is 0. The second-order valence-corrected chi connectivity index (χ2v) is 6.26. The lowest BCUT2D eigenvalue weighted by Crippen LogP contribution is -2.58. The van der Waals surface area contributed by atoms with Crippen LogP contribution in [0.15, 0.2) is 0 Å². The van der Waals surface area contributed by atoms with Crippen LogP contribution in [0.1, 0.15) is 33.1 Å². The van der Waals surface area contributed by atoms with Gasteiger partial charge in [0.1, 0.15) is 6.10 Å². The molecule has 7 atom stereocenters. The molecule has 20 heavy (non-hydrogen) atoms. The normalized spacial score (nSPS) is 53.9. The third-order valence-corrected chi connectivity index (χ3v) is 4.53. The second kappa shape index (κ2) is 6.16. The molecule has 2 aliphatic rings. The van der Waals surface area contributed by atoms with E-state index in [9.17, 15) is 22.0 Å². The largest absolute Gasteiger partial charge is 0.368 e. The Bertz CT molecular complexity index is 313. The van der Waals surface area contributed by atoms with Crippen molar-refractivity contribution in [2.75, 3.05) is 0 Å². The molecular weight excluding hydrogens is 279 g/mol. The van der Waals surface area contributed by atoms with Gasteiger partial charge in [-0.25, -0.2) is 22.0 Å². The van der Waals surface area contributed by atoms with Crippen molar-refractivity contribution in [3.8, 4) is 0 Å². The van der Waals surface area contributed by atoms with Crippen LogP contribution in [0.2, 0.25) is 0 Å². The van der Waals surface area contributed by atoms with E-state index in [4.69, 9.17) is 4.74 Å². The number of hydrogen-bond acceptors (Lipinski definition) is 1. The average molecular weight is 300 g/mol. The van der Waals surface area contributed by atoms with E-state index in [2.05, 4.69) is 6.92 Å². The van der Waals surface area contributed by atoms with E-state index in [1.165, 1.54) is 0 Å². The molecule has 0 saturated heterocycles. The Morgan fingerprint density at radius 1 is 0.750 bits per heavy atom. The molecule has 0 bridgehead atoms. The van der Waals surface area contributed by atoms with E-state index in [-0.39, 0.29) is 5.92 Å². The van der Waals surface area contributed by atoms with Crippen LogP contribution in [-0.4, -0.2) is 43.1 Å². The summed E-state index contributed by atoms with van der Waals surface area (Å²) < 4.78 is 72.5. The molecule has 2 aliphatic carbocycles. The molecule has 0 aromatic carbocycles. The molecule has 6 heteroatoms. The monoisotopic (exact) mass is 300 g/mol. The summed E-state index contributed by atoms with van der Waals surface area (Å²) in [7, 11) is 0. The first-order valence-corrected chi connectivity index (χ1v) is 7.18. The molecule has 118 valence electrons. The zero-order valence-corrected chi connectivity index (χ0v) is 11.6. The summed E-state index contributed by atoms with van der Waals surface area (Å²) in [4.78, 5) is 0. The molecule has 0 heterocycles. The number of ether oxygens (including phenoxy) is 1. The highest BCUT2D eigenvalue weighted by Crippen LogP contribution is 2.37. The van der Waals surface area contributed by atoms with Gasteiger partial charge >= 0.3 is 0 Å². The minimum absolute atomic E-state index is 0.0670. The fraction of sp³-hybridized carbons (Fsp3) is 1.00. The predicted octanol–water partition coefficient (Wildman–Crippen LogP) is 3.90. The van der Waals surface area contributed by atoms with Gasteiger partial charge in [0.25, 0.3) is 0 Å². The van der Waals surface area contributed by atoms with Gasteiger partial charge < -0.3 is 4.74 Å². The molecule has 0 spiro atoms. The Labute approximate surface area is 115 Å². The lowest BCUT2D eigenvalue weighted by Gasteiger charge is -2.41. The molecule has 0 aromatic heterocycles. The van der Waals surface area contributed by atoms with Crippen LogP contribution in [-0.2, 0) is 4.74 Å². The minimum Gasteiger partial charge on any atom is -0.368 e. The van der Waals surface area contributed by atoms with Gasteiger partial charge in [-0.15, -0.1) is 0 Å². The van der Waals surface area contributed by atoms with Gasteiger partial charge in [0.05, 0.1) is 6.10 Å². The van der Waals surface area contributed by atoms with Crippen molar-refractivity contribution >= 4 is 0 Å². The van der Waals surface area contributed by atoms with Crippen LogP contribution in [0.4, 0.5) is 22.0 Å². The molecule has 2 fully saturated rings. The quantitative estimate of drug-likeness (QED) is 0.703. The summed E-state index contributed by atoms with van der Waals surface area (Å²) in [6.07, 6.45) is -13.0. The lowest BCUT2D eigenvalue weighted by molar-refractivity contribution is -0.180. The van der Waals surface area contributed by atoms with Crippen LogP contribution in [0.3, 0.4) is 0 Å². The van der Waals surface area contributed by atoms with Crippen molar-refractivity contribution in [3.63, 3.8) is 0 Å². The highest BCUT2D eigenvalue weighted by molar-refractivity contribution is 5.01. The molecule has 0 aromatic rings. The molecule has 1 nitrogen and oxygen atoms in total. The van der Waals surface area contributed by atoms with Crippen molar-refractivity contribution in [1.82, 2.24) is 0 Å². The van der Waals surface area contributed by atoms with Gasteiger partial charge in [0.15, 0.2) is 30.9 Å². The van der Waals surface area contributed by atoms with Gasteiger partial charge in [-0.1, -0.05) is 13.8 Å². The predicted molar refractivity (Wildman–Crippen MR) is 65.3 cm³/mol. The lowest BCUT2D eigenvalue weighted by atomic mass is 9.81. The fourth-order valence-electron chi connectivity index (χ4n) is 3.26. The molecule has 7 unspecified atom stereocenters.